The van der Waals surface area contributed by atoms with Crippen LogP contribution in [-0.4, -0.2) is 21.0 Å². The molecule has 0 aliphatic rings. The van der Waals surface area contributed by atoms with Gasteiger partial charge in [-0.2, -0.15) is 4.98 Å². The van der Waals surface area contributed by atoms with Crippen molar-refractivity contribution in [2.75, 3.05) is 5.32 Å². The number of aryl methyl sites for hydroxylation is 2. The molecule has 0 aliphatic heterocycles. The fourth-order valence-corrected chi connectivity index (χ4v) is 2.38. The number of nitrogens with one attached hydrogen (secondary N) is 1. The molecule has 126 valence electrons. The first-order chi connectivity index (χ1) is 12.0. The molecule has 0 aliphatic carbocycles. The minimum Gasteiger partial charge on any atom is -0.334 e. The van der Waals surface area contributed by atoms with Gasteiger partial charge in [0.15, 0.2) is 5.82 Å². The van der Waals surface area contributed by atoms with Gasteiger partial charge < -0.3 is 9.84 Å². The number of carbonyl (C=O) groups excluding carboxylic acids is 1. The molecule has 8 heteroatoms. The van der Waals surface area contributed by atoms with Gasteiger partial charge in [-0.15, -0.1) is 0 Å². The molecule has 0 fully saturated rings. The number of nitro benzene ring substituents is 1. The molecule has 0 spiro atoms. The Morgan fingerprint density at radius 1 is 1.20 bits per heavy atom. The number of aromatic nitrogens is 2. The average molecular weight is 338 g/mol. The highest BCUT2D eigenvalue weighted by atomic mass is 16.6. The molecule has 0 radical (unpaired) electrons. The molecule has 0 saturated carbocycles. The van der Waals surface area contributed by atoms with E-state index in [4.69, 9.17) is 4.52 Å². The van der Waals surface area contributed by atoms with Crippen molar-refractivity contribution in [1.82, 2.24) is 10.1 Å². The highest BCUT2D eigenvalue weighted by Crippen LogP contribution is 2.27. The summed E-state index contributed by atoms with van der Waals surface area (Å²) in [6.07, 6.45) is 0. The van der Waals surface area contributed by atoms with Gasteiger partial charge in [-0.25, -0.2) is 0 Å². The van der Waals surface area contributed by atoms with Crippen LogP contribution in [-0.2, 0) is 0 Å². The molecule has 0 saturated heterocycles. The van der Waals surface area contributed by atoms with Crippen LogP contribution in [0.3, 0.4) is 0 Å². The second-order valence-corrected chi connectivity index (χ2v) is 5.40. The van der Waals surface area contributed by atoms with Crippen LogP contribution < -0.4 is 5.32 Å². The summed E-state index contributed by atoms with van der Waals surface area (Å²) >= 11 is 0. The number of anilines is 1. The summed E-state index contributed by atoms with van der Waals surface area (Å²) in [4.78, 5) is 27.0. The number of para-hydroxylation sites is 1. The van der Waals surface area contributed by atoms with E-state index < -0.39 is 4.92 Å². The van der Waals surface area contributed by atoms with E-state index in [1.165, 1.54) is 18.2 Å². The fraction of sp³-hybridized carbons (Fsp3) is 0.118. The molecule has 3 rings (SSSR count). The summed E-state index contributed by atoms with van der Waals surface area (Å²) in [5.41, 5.74) is 1.80. The van der Waals surface area contributed by atoms with Gasteiger partial charge >= 0.3 is 0 Å². The maximum atomic E-state index is 12.5. The van der Waals surface area contributed by atoms with Gasteiger partial charge in [0.2, 0.25) is 0 Å². The standard InChI is InChI=1S/C17H14N4O4/c1-10-9-12(7-8-15(10)21(23)24)16(22)19-14-6-4-3-5-13(14)17-18-11(2)20-25-17/h3-9H,1-2H3,(H,19,22). The van der Waals surface area contributed by atoms with Crippen LogP contribution in [0.2, 0.25) is 0 Å². The highest BCUT2D eigenvalue weighted by Gasteiger charge is 2.16. The summed E-state index contributed by atoms with van der Waals surface area (Å²) in [5, 5.41) is 17.4. The maximum absolute atomic E-state index is 12.5. The molecule has 3 aromatic rings. The van der Waals surface area contributed by atoms with E-state index in [9.17, 15) is 14.9 Å². The van der Waals surface area contributed by atoms with Crippen LogP contribution >= 0.6 is 0 Å². The van der Waals surface area contributed by atoms with Crippen LogP contribution in [0.1, 0.15) is 21.7 Å². The molecule has 1 heterocycles. The molecule has 1 N–H and O–H groups in total. The second-order valence-electron chi connectivity index (χ2n) is 5.40. The largest absolute Gasteiger partial charge is 0.334 e. The first kappa shape index (κ1) is 16.3. The van der Waals surface area contributed by atoms with E-state index in [1.807, 2.05) is 0 Å². The molecule has 25 heavy (non-hydrogen) atoms. The van der Waals surface area contributed by atoms with Crippen molar-refractivity contribution < 1.29 is 14.2 Å². The van der Waals surface area contributed by atoms with Gasteiger partial charge in [0.1, 0.15) is 0 Å². The molecule has 0 bridgehead atoms. The van der Waals surface area contributed by atoms with E-state index in [-0.39, 0.29) is 11.6 Å². The summed E-state index contributed by atoms with van der Waals surface area (Å²) in [5.74, 6) is 0.400. The number of rotatable bonds is 4. The Hall–Kier alpha value is -3.55. The molecule has 2 aromatic carbocycles. The van der Waals surface area contributed by atoms with E-state index >= 15 is 0 Å². The monoisotopic (exact) mass is 338 g/mol. The first-order valence-electron chi connectivity index (χ1n) is 7.42. The quantitative estimate of drug-likeness (QED) is 0.575. The van der Waals surface area contributed by atoms with Crippen molar-refractivity contribution in [2.45, 2.75) is 13.8 Å². The van der Waals surface area contributed by atoms with Gasteiger partial charge in [-0.1, -0.05) is 17.3 Å². The Kier molecular flexibility index (Phi) is 4.25. The lowest BCUT2D eigenvalue weighted by atomic mass is 10.1. The van der Waals surface area contributed by atoms with Gasteiger partial charge in [-0.3, -0.25) is 14.9 Å². The summed E-state index contributed by atoms with van der Waals surface area (Å²) in [6.45, 7) is 3.29. The molecule has 0 unspecified atom stereocenters. The van der Waals surface area contributed by atoms with Crippen LogP contribution in [0.5, 0.6) is 0 Å². The molecule has 1 amide bonds. The van der Waals surface area contributed by atoms with Crippen molar-refractivity contribution in [3.05, 3.63) is 69.5 Å². The Morgan fingerprint density at radius 2 is 1.96 bits per heavy atom. The zero-order chi connectivity index (χ0) is 18.0. The minimum atomic E-state index is -0.482. The number of nitro groups is 1. The summed E-state index contributed by atoms with van der Waals surface area (Å²) in [7, 11) is 0. The third kappa shape index (κ3) is 3.37. The first-order valence-corrected chi connectivity index (χ1v) is 7.42. The maximum Gasteiger partial charge on any atom is 0.272 e. The number of nitrogens with zero attached hydrogens (tertiary/aromatic N) is 3. The van der Waals surface area contributed by atoms with Crippen molar-refractivity contribution in [3.8, 4) is 11.5 Å². The smallest absolute Gasteiger partial charge is 0.272 e. The van der Waals surface area contributed by atoms with Crippen LogP contribution in [0.15, 0.2) is 47.0 Å². The van der Waals surface area contributed by atoms with Gasteiger partial charge in [0.05, 0.1) is 16.2 Å². The Morgan fingerprint density at radius 3 is 2.60 bits per heavy atom. The Labute approximate surface area is 142 Å². The Balaban J connectivity index is 1.89. The normalized spacial score (nSPS) is 10.5. The molecular weight excluding hydrogens is 324 g/mol. The number of benzene rings is 2. The van der Waals surface area contributed by atoms with Gasteiger partial charge in [-0.05, 0) is 38.1 Å². The summed E-state index contributed by atoms with van der Waals surface area (Å²) in [6, 6.07) is 11.2. The van der Waals surface area contributed by atoms with Crippen LogP contribution in [0.4, 0.5) is 11.4 Å². The zero-order valence-electron chi connectivity index (χ0n) is 13.5. The van der Waals surface area contributed by atoms with Gasteiger partial charge in [0.25, 0.3) is 17.5 Å². The van der Waals surface area contributed by atoms with Gasteiger partial charge in [0, 0.05) is 17.2 Å². The lowest BCUT2D eigenvalue weighted by Gasteiger charge is -2.09. The average Bonchev–Trinajstić information content (AvgIpc) is 3.01. The summed E-state index contributed by atoms with van der Waals surface area (Å²) < 4.78 is 5.15. The van der Waals surface area contributed by atoms with Crippen molar-refractivity contribution in [1.29, 1.82) is 0 Å². The lowest BCUT2D eigenvalue weighted by molar-refractivity contribution is -0.385. The van der Waals surface area contributed by atoms with E-state index in [1.54, 1.807) is 38.1 Å². The third-order valence-electron chi connectivity index (χ3n) is 3.59. The van der Waals surface area contributed by atoms with Crippen molar-refractivity contribution in [2.24, 2.45) is 0 Å². The molecule has 1 aromatic heterocycles. The number of hydrogen-bond acceptors (Lipinski definition) is 6. The third-order valence-corrected chi connectivity index (χ3v) is 3.59. The van der Waals surface area contributed by atoms with Crippen molar-refractivity contribution in [3.63, 3.8) is 0 Å². The minimum absolute atomic E-state index is 0.0294. The van der Waals surface area contributed by atoms with E-state index in [2.05, 4.69) is 15.5 Å². The Bertz CT molecular complexity index is 965. The number of carbonyl (C=O) groups is 1. The SMILES string of the molecule is Cc1noc(-c2ccccc2NC(=O)c2ccc([N+](=O)[O-])c(C)c2)n1. The topological polar surface area (TPSA) is 111 Å². The van der Waals surface area contributed by atoms with Crippen molar-refractivity contribution >= 4 is 17.3 Å². The van der Waals surface area contributed by atoms with Crippen LogP contribution in [0, 0.1) is 24.0 Å². The molecular formula is C17H14N4O4. The highest BCUT2D eigenvalue weighted by molar-refractivity contribution is 6.06. The number of hydrogen-bond donors (Lipinski definition) is 1. The fourth-order valence-electron chi connectivity index (χ4n) is 2.38. The van der Waals surface area contributed by atoms with Crippen LogP contribution in [0.25, 0.3) is 11.5 Å². The number of amides is 1. The zero-order valence-corrected chi connectivity index (χ0v) is 13.5. The second kappa shape index (κ2) is 6.52. The predicted octanol–water partition coefficient (Wildman–Crippen LogP) is 3.51. The molecule has 0 atom stereocenters. The van der Waals surface area contributed by atoms with E-state index in [0.717, 1.165) is 0 Å². The molecule has 8 nitrogen and oxygen atoms in total. The lowest BCUT2D eigenvalue weighted by Crippen LogP contribution is -2.13. The van der Waals surface area contributed by atoms with E-state index in [0.29, 0.717) is 34.1 Å². The predicted molar refractivity (Wildman–Crippen MR) is 90.3 cm³/mol.